The molecule has 0 fully saturated rings. The molecule has 0 saturated carbocycles. The summed E-state index contributed by atoms with van der Waals surface area (Å²) in [6.45, 7) is 5.40. The quantitative estimate of drug-likeness (QED) is 0.841. The van der Waals surface area contributed by atoms with Gasteiger partial charge in [0.05, 0.1) is 6.61 Å². The Bertz CT molecular complexity index is 497. The minimum atomic E-state index is -1.40. The van der Waals surface area contributed by atoms with Gasteiger partial charge in [0.15, 0.2) is 0 Å². The van der Waals surface area contributed by atoms with Crippen LogP contribution < -0.4 is 10.4 Å². The molecule has 0 unspecified atom stereocenters. The number of methoxy groups -OCH3 is 1. The van der Waals surface area contributed by atoms with Crippen molar-refractivity contribution in [1.29, 1.82) is 0 Å². The van der Waals surface area contributed by atoms with Gasteiger partial charge in [0.25, 0.3) is 0 Å². The summed E-state index contributed by atoms with van der Waals surface area (Å²) in [5, 5.41) is 14.2. The minimum absolute atomic E-state index is 0.0358. The predicted octanol–water partition coefficient (Wildman–Crippen LogP) is 0.762. The summed E-state index contributed by atoms with van der Waals surface area (Å²) in [7, 11) is 1.42. The number of nitrogens with one attached hydrogen (secondary N) is 1. The molecule has 0 aliphatic carbocycles. The van der Waals surface area contributed by atoms with E-state index in [1.165, 1.54) is 7.11 Å². The molecule has 0 aliphatic rings. The third-order valence-corrected chi connectivity index (χ3v) is 3.17. The molecule has 1 rings (SSSR count). The zero-order valence-electron chi connectivity index (χ0n) is 13.5. The van der Waals surface area contributed by atoms with Gasteiger partial charge < -0.3 is 24.9 Å². The van der Waals surface area contributed by atoms with Crippen molar-refractivity contribution in [3.63, 3.8) is 0 Å². The van der Waals surface area contributed by atoms with Crippen LogP contribution in [-0.2, 0) is 16.1 Å². The van der Waals surface area contributed by atoms with E-state index in [2.05, 4.69) is 5.32 Å². The molecule has 6 heteroatoms. The van der Waals surface area contributed by atoms with Gasteiger partial charge in [0.2, 0.25) is 5.91 Å². The van der Waals surface area contributed by atoms with Gasteiger partial charge in [-0.15, -0.1) is 0 Å². The molecule has 0 saturated heterocycles. The number of hydrogen-bond donors (Lipinski definition) is 1. The van der Waals surface area contributed by atoms with Crippen LogP contribution in [0.25, 0.3) is 0 Å². The van der Waals surface area contributed by atoms with E-state index in [0.29, 0.717) is 6.54 Å². The molecule has 1 aromatic carbocycles. The van der Waals surface area contributed by atoms with Crippen LogP contribution in [0, 0.1) is 0 Å². The zero-order valence-corrected chi connectivity index (χ0v) is 13.5. The lowest BCUT2D eigenvalue weighted by Crippen LogP contribution is -2.62. The van der Waals surface area contributed by atoms with E-state index in [9.17, 15) is 14.7 Å². The van der Waals surface area contributed by atoms with Gasteiger partial charge in [-0.3, -0.25) is 4.79 Å². The Kier molecular flexibility index (Phi) is 6.37. The van der Waals surface area contributed by atoms with E-state index in [1.807, 2.05) is 30.3 Å². The molecule has 1 N–H and O–H groups in total. The molecule has 6 nitrogen and oxygen atoms in total. The van der Waals surface area contributed by atoms with E-state index >= 15 is 0 Å². The van der Waals surface area contributed by atoms with Gasteiger partial charge in [-0.25, -0.2) is 0 Å². The molecule has 22 heavy (non-hydrogen) atoms. The Balaban J connectivity index is 2.84. The Morgan fingerprint density at radius 3 is 2.32 bits per heavy atom. The highest BCUT2D eigenvalue weighted by Gasteiger charge is 2.33. The van der Waals surface area contributed by atoms with Gasteiger partial charge in [-0.1, -0.05) is 30.3 Å². The number of ether oxygens (including phenoxy) is 1. The van der Waals surface area contributed by atoms with E-state index in [4.69, 9.17) is 4.74 Å². The van der Waals surface area contributed by atoms with Crippen molar-refractivity contribution in [1.82, 2.24) is 10.2 Å². The fourth-order valence-corrected chi connectivity index (χ4v) is 2.20. The van der Waals surface area contributed by atoms with Crippen LogP contribution in [0.4, 0.5) is 4.79 Å². The fourth-order valence-electron chi connectivity index (χ4n) is 2.20. The second-order valence-electron chi connectivity index (χ2n) is 5.98. The molecule has 122 valence electrons. The number of carboxylic acid groups (broad SMARTS) is 1. The maximum Gasteiger partial charge on any atom is 0.245 e. The summed E-state index contributed by atoms with van der Waals surface area (Å²) in [6.07, 6.45) is -1.40. The largest absolute Gasteiger partial charge is 0.530 e. The van der Waals surface area contributed by atoms with Crippen LogP contribution in [0.15, 0.2) is 30.3 Å². The molecule has 0 spiro atoms. The van der Waals surface area contributed by atoms with Crippen molar-refractivity contribution in [2.45, 2.75) is 38.9 Å². The minimum Gasteiger partial charge on any atom is -0.530 e. The molecular formula is C16H23N2O4-. The third-order valence-electron chi connectivity index (χ3n) is 3.17. The summed E-state index contributed by atoms with van der Waals surface area (Å²) in [6, 6.07) is 8.43. The summed E-state index contributed by atoms with van der Waals surface area (Å²) in [4.78, 5) is 24.8. The standard InChI is InChI=1S/C16H24N2O4/c1-16(2,3)18(15(20)21)13(11-22-4)14(19)17-10-12-8-6-5-7-9-12/h5-9,13H,10-11H2,1-4H3,(H,17,19)(H,20,21)/p-1/t13-/m1/s1. The smallest absolute Gasteiger partial charge is 0.245 e. The van der Waals surface area contributed by atoms with Gasteiger partial charge in [0, 0.05) is 19.2 Å². The average molecular weight is 307 g/mol. The molecule has 0 bridgehead atoms. The highest BCUT2D eigenvalue weighted by atomic mass is 16.5. The van der Waals surface area contributed by atoms with Crippen LogP contribution in [0.3, 0.4) is 0 Å². The van der Waals surface area contributed by atoms with E-state index in [1.54, 1.807) is 20.8 Å². The molecule has 0 aromatic heterocycles. The van der Waals surface area contributed by atoms with Crippen LogP contribution in [-0.4, -0.2) is 42.2 Å². The second kappa shape index (κ2) is 7.79. The van der Waals surface area contributed by atoms with Gasteiger partial charge >= 0.3 is 0 Å². The van der Waals surface area contributed by atoms with Crippen molar-refractivity contribution in [3.8, 4) is 0 Å². The first-order chi connectivity index (χ1) is 10.3. The van der Waals surface area contributed by atoms with Crippen LogP contribution in [0.2, 0.25) is 0 Å². The van der Waals surface area contributed by atoms with Crippen molar-refractivity contribution < 1.29 is 19.4 Å². The van der Waals surface area contributed by atoms with Crippen LogP contribution >= 0.6 is 0 Å². The second-order valence-corrected chi connectivity index (χ2v) is 5.98. The van der Waals surface area contributed by atoms with Gasteiger partial charge in [-0.05, 0) is 26.3 Å². The fraction of sp³-hybridized carbons (Fsp3) is 0.500. The molecule has 0 radical (unpaired) electrons. The number of carbonyl (C=O) groups is 2. The Morgan fingerprint density at radius 2 is 1.86 bits per heavy atom. The monoisotopic (exact) mass is 307 g/mol. The summed E-state index contributed by atoms with van der Waals surface area (Å²) in [5.41, 5.74) is 0.161. The summed E-state index contributed by atoms with van der Waals surface area (Å²) >= 11 is 0. The van der Waals surface area contributed by atoms with Crippen molar-refractivity contribution in [2.24, 2.45) is 0 Å². The molecule has 1 aromatic rings. The maximum atomic E-state index is 12.4. The number of amides is 2. The topological polar surface area (TPSA) is 81.7 Å². The number of carbonyl (C=O) groups excluding carboxylic acids is 2. The Hall–Kier alpha value is -2.08. The molecule has 2 amide bonds. The first-order valence-electron chi connectivity index (χ1n) is 7.08. The first-order valence-corrected chi connectivity index (χ1v) is 7.08. The van der Waals surface area contributed by atoms with E-state index in [0.717, 1.165) is 10.5 Å². The Morgan fingerprint density at radius 1 is 1.27 bits per heavy atom. The van der Waals surface area contributed by atoms with Crippen LogP contribution in [0.5, 0.6) is 0 Å². The van der Waals surface area contributed by atoms with Crippen molar-refractivity contribution >= 4 is 12.0 Å². The molecule has 1 atom stereocenters. The summed E-state index contributed by atoms with van der Waals surface area (Å²) < 4.78 is 5.01. The first kappa shape index (κ1) is 18.0. The van der Waals surface area contributed by atoms with Gasteiger partial charge in [-0.2, -0.15) is 0 Å². The maximum absolute atomic E-state index is 12.4. The lowest BCUT2D eigenvalue weighted by atomic mass is 10.0. The number of benzene rings is 1. The Labute approximate surface area is 131 Å². The van der Waals surface area contributed by atoms with Crippen molar-refractivity contribution in [2.75, 3.05) is 13.7 Å². The SMILES string of the molecule is COC[C@H](C(=O)NCc1ccccc1)N(C(=O)[O-])C(C)(C)C. The zero-order chi connectivity index (χ0) is 16.8. The van der Waals surface area contributed by atoms with E-state index in [-0.39, 0.29) is 6.61 Å². The summed E-state index contributed by atoms with van der Waals surface area (Å²) in [5.74, 6) is -0.412. The highest BCUT2D eigenvalue weighted by Crippen LogP contribution is 2.17. The predicted molar refractivity (Wildman–Crippen MR) is 80.9 cm³/mol. The lowest BCUT2D eigenvalue weighted by molar-refractivity contribution is -0.273. The van der Waals surface area contributed by atoms with Crippen LogP contribution in [0.1, 0.15) is 26.3 Å². The molecule has 0 aliphatic heterocycles. The lowest BCUT2D eigenvalue weighted by Gasteiger charge is -2.42. The third kappa shape index (κ3) is 5.04. The van der Waals surface area contributed by atoms with Crippen molar-refractivity contribution in [3.05, 3.63) is 35.9 Å². The van der Waals surface area contributed by atoms with Gasteiger partial charge in [0.1, 0.15) is 12.1 Å². The highest BCUT2D eigenvalue weighted by molar-refractivity contribution is 5.85. The number of nitrogens with zero attached hydrogens (tertiary/aromatic N) is 1. The average Bonchev–Trinajstić information content (AvgIpc) is 2.43. The molecule has 0 heterocycles. The number of hydrogen-bond acceptors (Lipinski definition) is 4. The number of rotatable bonds is 6. The normalized spacial score (nSPS) is 12.5. The molecular weight excluding hydrogens is 284 g/mol. The van der Waals surface area contributed by atoms with E-state index < -0.39 is 23.6 Å².